The maximum Gasteiger partial charge on any atom is 0.0619 e. The maximum atomic E-state index is 2.50. The van der Waals surface area contributed by atoms with Crippen LogP contribution in [0.3, 0.4) is 0 Å². The van der Waals surface area contributed by atoms with Gasteiger partial charge in [0, 0.05) is 47.3 Å². The van der Waals surface area contributed by atoms with Crippen molar-refractivity contribution < 1.29 is 0 Å². The molecule has 0 spiro atoms. The van der Waals surface area contributed by atoms with Crippen LogP contribution >= 0.6 is 11.3 Å². The summed E-state index contributed by atoms with van der Waals surface area (Å²) in [5.41, 5.74) is 11.3. The van der Waals surface area contributed by atoms with Gasteiger partial charge in [-0.15, -0.1) is 11.3 Å². The highest BCUT2D eigenvalue weighted by Crippen LogP contribution is 2.49. The summed E-state index contributed by atoms with van der Waals surface area (Å²) in [5.74, 6) is 0. The minimum absolute atomic E-state index is 1.22. The van der Waals surface area contributed by atoms with Crippen molar-refractivity contribution in [2.75, 3.05) is 0 Å². The van der Waals surface area contributed by atoms with Crippen LogP contribution in [0.4, 0.5) is 0 Å². The highest BCUT2D eigenvalue weighted by molar-refractivity contribution is 7.26. The first-order valence-electron chi connectivity index (χ1n) is 20.7. The first kappa shape index (κ1) is 33.5. The Morgan fingerprint density at radius 3 is 1.27 bits per heavy atom. The van der Waals surface area contributed by atoms with Crippen molar-refractivity contribution in [3.05, 3.63) is 212 Å². The summed E-state index contributed by atoms with van der Waals surface area (Å²) < 4.78 is 5.12. The molecule has 0 unspecified atom stereocenters. The zero-order valence-corrected chi connectivity index (χ0v) is 33.4. The van der Waals surface area contributed by atoms with Gasteiger partial charge in [0.2, 0.25) is 0 Å². The fourth-order valence-corrected chi connectivity index (χ4v) is 11.5. The predicted octanol–water partition coefficient (Wildman–Crippen LogP) is 16.8. The van der Waals surface area contributed by atoms with Crippen LogP contribution in [0.15, 0.2) is 212 Å². The molecule has 0 saturated carbocycles. The van der Waals surface area contributed by atoms with Gasteiger partial charge in [-0.2, -0.15) is 0 Å². The molecular formula is C58H35NS. The van der Waals surface area contributed by atoms with E-state index in [1.54, 1.807) is 0 Å². The van der Waals surface area contributed by atoms with Crippen LogP contribution in [0.5, 0.6) is 0 Å². The van der Waals surface area contributed by atoms with Gasteiger partial charge < -0.3 is 4.57 Å². The standard InChI is InChI=1S/C58H35NS/c1-2-17-36(18-3-1)54-40-21-4-6-23-42(40)55(43-24-7-5-22-41(43)54)37-33-34-53-50(35-37)48-29-16-30-49(58(48)60-53)56-44-25-8-10-27-46(44)57(47-28-11-9-26-45(47)56)59-51-31-14-12-19-38(51)39-20-13-15-32-52(39)59/h1-35H. The molecule has 278 valence electrons. The lowest BCUT2D eigenvalue weighted by molar-refractivity contribution is 1.21. The number of fused-ring (bicyclic) bond motifs is 10. The number of rotatable bonds is 4. The summed E-state index contributed by atoms with van der Waals surface area (Å²) >= 11 is 1.91. The van der Waals surface area contributed by atoms with Gasteiger partial charge in [-0.3, -0.25) is 0 Å². The molecule has 0 aliphatic rings. The van der Waals surface area contributed by atoms with E-state index in [9.17, 15) is 0 Å². The van der Waals surface area contributed by atoms with Gasteiger partial charge in [-0.05, 0) is 84.4 Å². The molecule has 0 saturated heterocycles. The molecule has 13 aromatic rings. The molecule has 11 aromatic carbocycles. The Morgan fingerprint density at radius 2 is 0.717 bits per heavy atom. The second kappa shape index (κ2) is 13.0. The van der Waals surface area contributed by atoms with Crippen LogP contribution in [0.2, 0.25) is 0 Å². The van der Waals surface area contributed by atoms with E-state index >= 15 is 0 Å². The second-order valence-electron chi connectivity index (χ2n) is 15.9. The summed E-state index contributed by atoms with van der Waals surface area (Å²) in [7, 11) is 0. The second-order valence-corrected chi connectivity index (χ2v) is 16.9. The first-order valence-corrected chi connectivity index (χ1v) is 21.5. The average Bonchev–Trinajstić information content (AvgIpc) is 3.86. The van der Waals surface area contributed by atoms with E-state index in [2.05, 4.69) is 217 Å². The van der Waals surface area contributed by atoms with E-state index in [0.29, 0.717) is 0 Å². The third-order valence-corrected chi connectivity index (χ3v) is 14.0. The Labute approximate surface area is 350 Å². The summed E-state index contributed by atoms with van der Waals surface area (Å²) in [6.45, 7) is 0. The quantitative estimate of drug-likeness (QED) is 0.157. The Kier molecular flexibility index (Phi) is 7.24. The minimum atomic E-state index is 1.22. The zero-order valence-electron chi connectivity index (χ0n) is 32.6. The normalized spacial score (nSPS) is 12.0. The van der Waals surface area contributed by atoms with Crippen molar-refractivity contribution >= 4 is 96.4 Å². The van der Waals surface area contributed by atoms with Crippen LogP contribution < -0.4 is 0 Å². The fraction of sp³-hybridized carbons (Fsp3) is 0. The van der Waals surface area contributed by atoms with Crippen LogP contribution in [-0.4, -0.2) is 4.57 Å². The molecule has 0 atom stereocenters. The Bertz CT molecular complexity index is 3720. The van der Waals surface area contributed by atoms with Gasteiger partial charge in [0.1, 0.15) is 0 Å². The Hall–Kier alpha value is -7.52. The highest BCUT2D eigenvalue weighted by atomic mass is 32.1. The van der Waals surface area contributed by atoms with E-state index < -0.39 is 0 Å². The number of thiophene rings is 1. The number of hydrogen-bond acceptors (Lipinski definition) is 1. The molecule has 0 fully saturated rings. The largest absolute Gasteiger partial charge is 0.308 e. The molecule has 0 amide bonds. The topological polar surface area (TPSA) is 4.93 Å². The number of hydrogen-bond donors (Lipinski definition) is 0. The van der Waals surface area contributed by atoms with Crippen LogP contribution in [0.1, 0.15) is 0 Å². The molecule has 13 rings (SSSR count). The summed E-state index contributed by atoms with van der Waals surface area (Å²) in [4.78, 5) is 0. The lowest BCUT2D eigenvalue weighted by Gasteiger charge is -2.20. The van der Waals surface area contributed by atoms with Crippen LogP contribution in [0, 0.1) is 0 Å². The molecule has 0 radical (unpaired) electrons. The summed E-state index contributed by atoms with van der Waals surface area (Å²) in [5, 5.41) is 15.2. The number of benzene rings is 11. The lowest BCUT2D eigenvalue weighted by atomic mass is 9.85. The molecular weight excluding hydrogens is 743 g/mol. The van der Waals surface area contributed by atoms with Crippen molar-refractivity contribution in [3.8, 4) is 39.1 Å². The van der Waals surface area contributed by atoms with E-state index in [1.165, 1.54) is 124 Å². The molecule has 1 nitrogen and oxygen atoms in total. The van der Waals surface area contributed by atoms with E-state index in [0.717, 1.165) is 0 Å². The molecule has 0 aliphatic heterocycles. The smallest absolute Gasteiger partial charge is 0.0619 e. The van der Waals surface area contributed by atoms with Crippen molar-refractivity contribution in [2.45, 2.75) is 0 Å². The van der Waals surface area contributed by atoms with Crippen molar-refractivity contribution in [2.24, 2.45) is 0 Å². The SMILES string of the molecule is c1ccc(-c2c3ccccc3c(-c3ccc4sc5c(-c6c7ccccc7c(-n7c8ccccc8c8ccccc87)c7ccccc67)cccc5c4c3)c3ccccc23)cc1. The van der Waals surface area contributed by atoms with Crippen molar-refractivity contribution in [1.82, 2.24) is 4.57 Å². The number of para-hydroxylation sites is 2. The Balaban J connectivity index is 1.07. The third-order valence-electron chi connectivity index (χ3n) is 12.8. The zero-order chi connectivity index (χ0) is 39.3. The van der Waals surface area contributed by atoms with Gasteiger partial charge in [-0.1, -0.05) is 188 Å². The Morgan fingerprint density at radius 1 is 0.283 bits per heavy atom. The lowest BCUT2D eigenvalue weighted by Crippen LogP contribution is -1.99. The minimum Gasteiger partial charge on any atom is -0.308 e. The van der Waals surface area contributed by atoms with Gasteiger partial charge in [0.05, 0.1) is 16.7 Å². The molecule has 2 heteroatoms. The fourth-order valence-electron chi connectivity index (χ4n) is 10.3. The molecule has 0 bridgehead atoms. The maximum absolute atomic E-state index is 2.50. The van der Waals surface area contributed by atoms with Crippen LogP contribution in [-0.2, 0) is 0 Å². The number of aromatic nitrogens is 1. The van der Waals surface area contributed by atoms with Gasteiger partial charge in [-0.25, -0.2) is 0 Å². The van der Waals surface area contributed by atoms with E-state index in [-0.39, 0.29) is 0 Å². The first-order chi connectivity index (χ1) is 29.8. The van der Waals surface area contributed by atoms with Gasteiger partial charge in [0.25, 0.3) is 0 Å². The average molecular weight is 778 g/mol. The highest BCUT2D eigenvalue weighted by Gasteiger charge is 2.23. The molecule has 2 heterocycles. The van der Waals surface area contributed by atoms with E-state index in [1.807, 2.05) is 11.3 Å². The third kappa shape index (κ3) is 4.74. The van der Waals surface area contributed by atoms with Crippen molar-refractivity contribution in [1.29, 1.82) is 0 Å². The van der Waals surface area contributed by atoms with Gasteiger partial charge in [0.15, 0.2) is 0 Å². The van der Waals surface area contributed by atoms with Gasteiger partial charge >= 0.3 is 0 Å². The van der Waals surface area contributed by atoms with E-state index in [4.69, 9.17) is 0 Å². The predicted molar refractivity (Wildman–Crippen MR) is 260 cm³/mol. The summed E-state index contributed by atoms with van der Waals surface area (Å²) in [6.07, 6.45) is 0. The molecule has 60 heavy (non-hydrogen) atoms. The number of nitrogens with zero attached hydrogens (tertiary/aromatic N) is 1. The van der Waals surface area contributed by atoms with Crippen molar-refractivity contribution in [3.63, 3.8) is 0 Å². The molecule has 0 aliphatic carbocycles. The summed E-state index contributed by atoms with van der Waals surface area (Å²) in [6, 6.07) is 78.6. The monoisotopic (exact) mass is 777 g/mol. The van der Waals surface area contributed by atoms with Crippen LogP contribution in [0.25, 0.3) is 124 Å². The molecule has 0 N–H and O–H groups in total. The molecule has 2 aromatic heterocycles.